The van der Waals surface area contributed by atoms with E-state index in [0.29, 0.717) is 6.42 Å². The molecule has 0 heterocycles. The fourth-order valence-electron chi connectivity index (χ4n) is 1.59. The highest BCUT2D eigenvalue weighted by Crippen LogP contribution is 2.16. The van der Waals surface area contributed by atoms with Crippen molar-refractivity contribution < 1.29 is 13.5 Å². The van der Waals surface area contributed by atoms with E-state index >= 15 is 0 Å². The molecule has 1 aromatic rings. The van der Waals surface area contributed by atoms with E-state index in [2.05, 4.69) is 11.3 Å². The monoisotopic (exact) mass is 269 g/mol. The predicted octanol–water partition coefficient (Wildman–Crippen LogP) is 1.52. The zero-order valence-corrected chi connectivity index (χ0v) is 11.3. The average Bonchev–Trinajstić information content (AvgIpc) is 2.34. The average molecular weight is 269 g/mol. The van der Waals surface area contributed by atoms with Gasteiger partial charge in [-0.2, -0.15) is 0 Å². The summed E-state index contributed by atoms with van der Waals surface area (Å²) in [4.78, 5) is 0. The molecule has 1 aromatic carbocycles. The molecule has 2 N–H and O–H groups in total. The minimum Gasteiger partial charge on any atom is -0.387 e. The zero-order valence-electron chi connectivity index (χ0n) is 10.5. The first-order valence-corrected chi connectivity index (χ1v) is 7.43. The molecule has 100 valence electrons. The Kier molecular flexibility index (Phi) is 5.53. The van der Waals surface area contributed by atoms with Crippen LogP contribution in [0.1, 0.15) is 23.7 Å². The molecule has 1 rings (SSSR count). The van der Waals surface area contributed by atoms with Gasteiger partial charge in [0.25, 0.3) is 0 Å². The molecule has 0 aliphatic heterocycles. The number of benzene rings is 1. The normalized spacial score (nSPS) is 13.2. The van der Waals surface area contributed by atoms with E-state index in [1.165, 1.54) is 0 Å². The van der Waals surface area contributed by atoms with Crippen molar-refractivity contribution >= 4 is 10.0 Å². The molecule has 0 bridgehead atoms. The third-order valence-electron chi connectivity index (χ3n) is 2.63. The summed E-state index contributed by atoms with van der Waals surface area (Å²) < 4.78 is 25.5. The Morgan fingerprint density at radius 3 is 2.72 bits per heavy atom. The number of aliphatic hydroxyl groups excluding tert-OH is 1. The van der Waals surface area contributed by atoms with Crippen LogP contribution in [0.15, 0.2) is 36.9 Å². The Morgan fingerprint density at radius 2 is 2.11 bits per heavy atom. The quantitative estimate of drug-likeness (QED) is 0.738. The van der Waals surface area contributed by atoms with Crippen LogP contribution in [0.5, 0.6) is 0 Å². The number of hydrogen-bond donors (Lipinski definition) is 2. The molecule has 0 saturated carbocycles. The van der Waals surface area contributed by atoms with Crippen molar-refractivity contribution in [3.05, 3.63) is 48.0 Å². The molecule has 0 radical (unpaired) electrons. The van der Waals surface area contributed by atoms with E-state index in [0.717, 1.165) is 11.1 Å². The molecule has 0 aliphatic carbocycles. The highest BCUT2D eigenvalue weighted by Gasteiger charge is 2.14. The largest absolute Gasteiger partial charge is 0.387 e. The number of rotatable bonds is 7. The van der Waals surface area contributed by atoms with Gasteiger partial charge in [-0.05, 0) is 24.5 Å². The number of aliphatic hydroxyl groups is 1. The van der Waals surface area contributed by atoms with Gasteiger partial charge in [0.2, 0.25) is 10.0 Å². The van der Waals surface area contributed by atoms with Crippen molar-refractivity contribution in [2.75, 3.05) is 12.3 Å². The molecule has 0 spiro atoms. The summed E-state index contributed by atoms with van der Waals surface area (Å²) in [5.74, 6) is -0.00298. The van der Waals surface area contributed by atoms with Crippen LogP contribution in [-0.2, 0) is 10.0 Å². The first kappa shape index (κ1) is 14.9. The maximum Gasteiger partial charge on any atom is 0.211 e. The Balaban J connectivity index is 2.59. The second-order valence-corrected chi connectivity index (χ2v) is 6.04. The number of allylic oxidation sites excluding steroid dienone is 1. The van der Waals surface area contributed by atoms with Gasteiger partial charge in [0.05, 0.1) is 11.9 Å². The van der Waals surface area contributed by atoms with E-state index in [1.807, 2.05) is 25.1 Å². The first-order chi connectivity index (χ1) is 8.46. The third-order valence-corrected chi connectivity index (χ3v) is 4.01. The molecular weight excluding hydrogens is 250 g/mol. The molecule has 0 aromatic heterocycles. The van der Waals surface area contributed by atoms with Gasteiger partial charge in [0, 0.05) is 6.54 Å². The Morgan fingerprint density at radius 1 is 1.44 bits per heavy atom. The molecule has 5 heteroatoms. The molecular formula is C13H19NO3S. The molecule has 1 atom stereocenters. The maximum absolute atomic E-state index is 11.5. The van der Waals surface area contributed by atoms with Crippen LogP contribution in [-0.4, -0.2) is 25.8 Å². The van der Waals surface area contributed by atoms with Crippen LogP contribution in [0, 0.1) is 6.92 Å². The van der Waals surface area contributed by atoms with Crippen LogP contribution in [0.25, 0.3) is 0 Å². The van der Waals surface area contributed by atoms with Crippen LogP contribution in [0.2, 0.25) is 0 Å². The molecule has 0 unspecified atom stereocenters. The Bertz CT molecular complexity index is 497. The van der Waals surface area contributed by atoms with Crippen molar-refractivity contribution in [3.8, 4) is 0 Å². The molecule has 0 saturated heterocycles. The minimum absolute atomic E-state index is 0.00298. The van der Waals surface area contributed by atoms with Crippen LogP contribution in [0.4, 0.5) is 0 Å². The maximum atomic E-state index is 11.5. The molecule has 0 fully saturated rings. The first-order valence-electron chi connectivity index (χ1n) is 5.78. The summed E-state index contributed by atoms with van der Waals surface area (Å²) in [6.45, 7) is 5.35. The SMILES string of the molecule is C=CCCS(=O)(=O)NC[C@@H](O)c1ccccc1C. The smallest absolute Gasteiger partial charge is 0.211 e. The highest BCUT2D eigenvalue weighted by molar-refractivity contribution is 7.89. The fraction of sp³-hybridized carbons (Fsp3) is 0.385. The highest BCUT2D eigenvalue weighted by atomic mass is 32.2. The lowest BCUT2D eigenvalue weighted by molar-refractivity contribution is 0.181. The number of nitrogens with one attached hydrogen (secondary N) is 1. The van der Waals surface area contributed by atoms with Crippen LogP contribution < -0.4 is 4.72 Å². The van der Waals surface area contributed by atoms with Gasteiger partial charge in [0.15, 0.2) is 0 Å². The Hall–Kier alpha value is -1.17. The summed E-state index contributed by atoms with van der Waals surface area (Å²) in [7, 11) is -3.34. The summed E-state index contributed by atoms with van der Waals surface area (Å²) in [6.07, 6.45) is 1.12. The predicted molar refractivity (Wildman–Crippen MR) is 72.7 cm³/mol. The van der Waals surface area contributed by atoms with E-state index in [1.54, 1.807) is 12.1 Å². The summed E-state index contributed by atoms with van der Waals surface area (Å²) in [5, 5.41) is 9.94. The molecule has 0 amide bonds. The van der Waals surface area contributed by atoms with E-state index < -0.39 is 16.1 Å². The van der Waals surface area contributed by atoms with Crippen molar-refractivity contribution in [1.29, 1.82) is 0 Å². The van der Waals surface area contributed by atoms with Gasteiger partial charge in [-0.3, -0.25) is 0 Å². The van der Waals surface area contributed by atoms with Gasteiger partial charge in [-0.1, -0.05) is 30.3 Å². The topological polar surface area (TPSA) is 66.4 Å². The van der Waals surface area contributed by atoms with Gasteiger partial charge >= 0.3 is 0 Å². The molecule has 0 aliphatic rings. The lowest BCUT2D eigenvalue weighted by Gasteiger charge is -2.14. The molecule has 18 heavy (non-hydrogen) atoms. The van der Waals surface area contributed by atoms with Crippen molar-refractivity contribution in [3.63, 3.8) is 0 Å². The van der Waals surface area contributed by atoms with E-state index in [4.69, 9.17) is 0 Å². The van der Waals surface area contributed by atoms with Gasteiger partial charge in [-0.15, -0.1) is 6.58 Å². The van der Waals surface area contributed by atoms with Gasteiger partial charge in [0.1, 0.15) is 0 Å². The van der Waals surface area contributed by atoms with Crippen LogP contribution >= 0.6 is 0 Å². The number of hydrogen-bond acceptors (Lipinski definition) is 3. The van der Waals surface area contributed by atoms with Crippen LogP contribution in [0.3, 0.4) is 0 Å². The summed E-state index contributed by atoms with van der Waals surface area (Å²) in [5.41, 5.74) is 1.68. The number of sulfonamides is 1. The molecule has 4 nitrogen and oxygen atoms in total. The van der Waals surface area contributed by atoms with E-state index in [9.17, 15) is 13.5 Å². The lowest BCUT2D eigenvalue weighted by atomic mass is 10.0. The summed E-state index contributed by atoms with van der Waals surface area (Å²) in [6, 6.07) is 7.36. The second-order valence-electron chi connectivity index (χ2n) is 4.12. The summed E-state index contributed by atoms with van der Waals surface area (Å²) >= 11 is 0. The Labute approximate surface area is 108 Å². The van der Waals surface area contributed by atoms with Crippen molar-refractivity contribution in [1.82, 2.24) is 4.72 Å². The van der Waals surface area contributed by atoms with Gasteiger partial charge < -0.3 is 5.11 Å². The van der Waals surface area contributed by atoms with Crippen molar-refractivity contribution in [2.45, 2.75) is 19.4 Å². The number of aryl methyl sites for hydroxylation is 1. The standard InChI is InChI=1S/C13H19NO3S/c1-3-4-9-18(16,17)14-10-13(15)12-8-6-5-7-11(12)2/h3,5-8,13-15H,1,4,9-10H2,2H3/t13-/m1/s1. The second kappa shape index (κ2) is 6.68. The van der Waals surface area contributed by atoms with E-state index in [-0.39, 0.29) is 12.3 Å². The van der Waals surface area contributed by atoms with Gasteiger partial charge in [-0.25, -0.2) is 13.1 Å². The van der Waals surface area contributed by atoms with Crippen molar-refractivity contribution in [2.24, 2.45) is 0 Å². The lowest BCUT2D eigenvalue weighted by Crippen LogP contribution is -2.30. The minimum atomic E-state index is -3.34. The third kappa shape index (κ3) is 4.60. The zero-order chi connectivity index (χ0) is 13.6. The fourth-order valence-corrected chi connectivity index (χ4v) is 2.62.